The summed E-state index contributed by atoms with van der Waals surface area (Å²) in [5.74, 6) is 5.34. The number of piperidine rings is 1. The number of aromatic nitrogens is 1. The highest BCUT2D eigenvalue weighted by Gasteiger charge is 2.25. The van der Waals surface area contributed by atoms with E-state index in [-0.39, 0.29) is 23.2 Å². The van der Waals surface area contributed by atoms with Crippen molar-refractivity contribution in [2.45, 2.75) is 18.9 Å². The number of rotatable bonds is 4. The summed E-state index contributed by atoms with van der Waals surface area (Å²) in [6.07, 6.45) is 1.41. The van der Waals surface area contributed by atoms with Gasteiger partial charge in [-0.25, -0.2) is 10.8 Å². The summed E-state index contributed by atoms with van der Waals surface area (Å²) in [4.78, 5) is 26.0. The number of anilines is 2. The Bertz CT molecular complexity index is 506. The summed E-state index contributed by atoms with van der Waals surface area (Å²) < 4.78 is 0. The van der Waals surface area contributed by atoms with Gasteiger partial charge in [0.1, 0.15) is 11.9 Å². The predicted molar refractivity (Wildman–Crippen MR) is 68.4 cm³/mol. The minimum absolute atomic E-state index is 0.0301. The van der Waals surface area contributed by atoms with E-state index in [0.717, 1.165) is 6.42 Å². The van der Waals surface area contributed by atoms with E-state index in [0.29, 0.717) is 13.0 Å². The topological polar surface area (TPSA) is 135 Å². The van der Waals surface area contributed by atoms with Crippen molar-refractivity contribution in [3.05, 3.63) is 22.2 Å². The maximum absolute atomic E-state index is 11.6. The highest BCUT2D eigenvalue weighted by atomic mass is 16.6. The van der Waals surface area contributed by atoms with Gasteiger partial charge in [-0.1, -0.05) is 0 Å². The molecule has 19 heavy (non-hydrogen) atoms. The third kappa shape index (κ3) is 2.88. The lowest BCUT2D eigenvalue weighted by Crippen LogP contribution is -2.44. The van der Waals surface area contributed by atoms with Crippen molar-refractivity contribution >= 4 is 23.2 Å². The van der Waals surface area contributed by atoms with E-state index in [4.69, 9.17) is 5.84 Å². The fourth-order valence-electron chi connectivity index (χ4n) is 1.86. The summed E-state index contributed by atoms with van der Waals surface area (Å²) in [7, 11) is 0. The second kappa shape index (κ2) is 5.48. The molecule has 1 aliphatic rings. The molecule has 0 bridgehead atoms. The van der Waals surface area contributed by atoms with Crippen LogP contribution in [-0.4, -0.2) is 28.4 Å². The Morgan fingerprint density at radius 1 is 1.53 bits per heavy atom. The molecule has 1 unspecified atom stereocenters. The Kier molecular flexibility index (Phi) is 3.76. The quantitative estimate of drug-likeness (QED) is 0.341. The Morgan fingerprint density at radius 2 is 2.32 bits per heavy atom. The number of hydrogen-bond acceptors (Lipinski definition) is 7. The number of carbonyl (C=O) groups is 1. The van der Waals surface area contributed by atoms with E-state index >= 15 is 0 Å². The van der Waals surface area contributed by atoms with Gasteiger partial charge in [0.2, 0.25) is 11.7 Å². The average Bonchev–Trinajstić information content (AvgIpc) is 2.41. The van der Waals surface area contributed by atoms with Crippen LogP contribution < -0.4 is 21.9 Å². The second-order valence-corrected chi connectivity index (χ2v) is 4.10. The number of carbonyl (C=O) groups excluding carboxylic acids is 1. The van der Waals surface area contributed by atoms with Crippen LogP contribution in [-0.2, 0) is 4.79 Å². The maximum atomic E-state index is 11.6. The molecule has 0 saturated carbocycles. The summed E-state index contributed by atoms with van der Waals surface area (Å²) >= 11 is 0. The molecule has 0 aromatic carbocycles. The minimum atomic E-state index is -0.559. The van der Waals surface area contributed by atoms with E-state index in [1.807, 2.05) is 0 Å². The molecule has 2 heterocycles. The molecule has 2 rings (SSSR count). The van der Waals surface area contributed by atoms with Gasteiger partial charge in [-0.15, -0.1) is 0 Å². The monoisotopic (exact) mass is 266 g/mol. The van der Waals surface area contributed by atoms with E-state index in [1.54, 1.807) is 0 Å². The highest BCUT2D eigenvalue weighted by Crippen LogP contribution is 2.25. The third-order valence-electron chi connectivity index (χ3n) is 2.81. The molecule has 1 aliphatic heterocycles. The SMILES string of the molecule is NNc1ccc([N+](=O)[O-])c(NC2CCCNC2=O)n1. The molecule has 9 nitrogen and oxygen atoms in total. The van der Waals surface area contributed by atoms with Crippen molar-refractivity contribution in [1.82, 2.24) is 10.3 Å². The Morgan fingerprint density at radius 3 is 2.95 bits per heavy atom. The first-order valence-electron chi connectivity index (χ1n) is 5.78. The van der Waals surface area contributed by atoms with Gasteiger partial charge in [-0.3, -0.25) is 14.9 Å². The zero-order chi connectivity index (χ0) is 13.8. The minimum Gasteiger partial charge on any atom is -0.354 e. The van der Waals surface area contributed by atoms with Gasteiger partial charge in [0.05, 0.1) is 4.92 Å². The van der Waals surface area contributed by atoms with Crippen LogP contribution in [0.5, 0.6) is 0 Å². The van der Waals surface area contributed by atoms with Crippen LogP contribution in [0.2, 0.25) is 0 Å². The molecular formula is C10H14N6O3. The first kappa shape index (κ1) is 13.0. The van der Waals surface area contributed by atoms with Crippen molar-refractivity contribution in [1.29, 1.82) is 0 Å². The van der Waals surface area contributed by atoms with Crippen LogP contribution >= 0.6 is 0 Å². The first-order valence-corrected chi connectivity index (χ1v) is 5.78. The van der Waals surface area contributed by atoms with Gasteiger partial charge in [0, 0.05) is 12.6 Å². The summed E-state index contributed by atoms with van der Waals surface area (Å²) in [6.45, 7) is 0.622. The van der Waals surface area contributed by atoms with Crippen molar-refractivity contribution in [3.63, 3.8) is 0 Å². The molecule has 1 saturated heterocycles. The molecule has 1 aromatic heterocycles. The number of hydrazine groups is 1. The van der Waals surface area contributed by atoms with E-state index in [2.05, 4.69) is 21.0 Å². The maximum Gasteiger partial charge on any atom is 0.311 e. The van der Waals surface area contributed by atoms with E-state index in [1.165, 1.54) is 12.1 Å². The molecule has 1 atom stereocenters. The van der Waals surface area contributed by atoms with Crippen LogP contribution in [0, 0.1) is 10.1 Å². The molecule has 1 fully saturated rings. The van der Waals surface area contributed by atoms with Crippen LogP contribution in [0.1, 0.15) is 12.8 Å². The van der Waals surface area contributed by atoms with Gasteiger partial charge in [-0.2, -0.15) is 0 Å². The van der Waals surface area contributed by atoms with Gasteiger partial charge < -0.3 is 16.1 Å². The van der Waals surface area contributed by atoms with Crippen LogP contribution in [0.4, 0.5) is 17.3 Å². The zero-order valence-electron chi connectivity index (χ0n) is 10.0. The standard InChI is InChI=1S/C10H14N6O3/c11-15-8-4-3-7(16(18)19)9(14-8)13-6-2-1-5-12-10(6)17/h3-4,6H,1-2,5,11H2,(H,12,17)(H2,13,14,15). The average molecular weight is 266 g/mol. The zero-order valence-corrected chi connectivity index (χ0v) is 10.0. The number of nitrogens with zero attached hydrogens (tertiary/aromatic N) is 2. The van der Waals surface area contributed by atoms with Crippen molar-refractivity contribution in [3.8, 4) is 0 Å². The number of amides is 1. The molecule has 0 radical (unpaired) electrons. The molecule has 9 heteroatoms. The summed E-state index contributed by atoms with van der Waals surface area (Å²) in [6, 6.07) is 2.16. The van der Waals surface area contributed by atoms with Gasteiger partial charge in [0.15, 0.2) is 0 Å². The van der Waals surface area contributed by atoms with Crippen molar-refractivity contribution in [2.75, 3.05) is 17.3 Å². The summed E-state index contributed by atoms with van der Waals surface area (Å²) in [5, 5.41) is 16.4. The molecule has 102 valence electrons. The van der Waals surface area contributed by atoms with Crippen molar-refractivity contribution < 1.29 is 9.72 Å². The molecule has 1 aromatic rings. The number of nitrogens with two attached hydrogens (primary N) is 1. The van der Waals surface area contributed by atoms with Crippen LogP contribution in [0.3, 0.4) is 0 Å². The Hall–Kier alpha value is -2.42. The van der Waals surface area contributed by atoms with Crippen LogP contribution in [0.25, 0.3) is 0 Å². The third-order valence-corrected chi connectivity index (χ3v) is 2.81. The smallest absolute Gasteiger partial charge is 0.311 e. The Labute approximate surface area is 108 Å². The van der Waals surface area contributed by atoms with E-state index < -0.39 is 11.0 Å². The largest absolute Gasteiger partial charge is 0.354 e. The Balaban J connectivity index is 2.26. The molecule has 5 N–H and O–H groups in total. The fraction of sp³-hybridized carbons (Fsp3) is 0.400. The second-order valence-electron chi connectivity index (χ2n) is 4.10. The van der Waals surface area contributed by atoms with Crippen LogP contribution in [0.15, 0.2) is 12.1 Å². The van der Waals surface area contributed by atoms with Gasteiger partial charge in [0.25, 0.3) is 0 Å². The summed E-state index contributed by atoms with van der Waals surface area (Å²) in [5.41, 5.74) is 2.11. The number of nitro groups is 1. The number of pyridine rings is 1. The molecular weight excluding hydrogens is 252 g/mol. The lowest BCUT2D eigenvalue weighted by Gasteiger charge is -2.23. The number of nitrogen functional groups attached to an aromatic ring is 1. The van der Waals surface area contributed by atoms with E-state index in [9.17, 15) is 14.9 Å². The predicted octanol–water partition coefficient (Wildman–Crippen LogP) is -0.0341. The highest BCUT2D eigenvalue weighted by molar-refractivity contribution is 5.85. The number of hydrogen-bond donors (Lipinski definition) is 4. The molecule has 0 aliphatic carbocycles. The molecule has 0 spiro atoms. The fourth-order valence-corrected chi connectivity index (χ4v) is 1.86. The first-order chi connectivity index (χ1) is 9.11. The van der Waals surface area contributed by atoms with Gasteiger partial charge >= 0.3 is 5.69 Å². The normalized spacial score (nSPS) is 18.6. The lowest BCUT2D eigenvalue weighted by atomic mass is 10.1. The van der Waals surface area contributed by atoms with Crippen molar-refractivity contribution in [2.24, 2.45) is 5.84 Å². The molecule has 1 amide bonds. The lowest BCUT2D eigenvalue weighted by molar-refractivity contribution is -0.384. The van der Waals surface area contributed by atoms with Gasteiger partial charge in [-0.05, 0) is 18.9 Å². The number of nitrogens with one attached hydrogen (secondary N) is 3.